The molecule has 2 aliphatic heterocycles. The lowest BCUT2D eigenvalue weighted by molar-refractivity contribution is -0.141. The first-order chi connectivity index (χ1) is 14.6. The number of carbonyl (C=O) groups is 2. The van der Waals surface area contributed by atoms with E-state index in [0.29, 0.717) is 17.7 Å². The molecular weight excluding hydrogens is 380 g/mol. The first kappa shape index (κ1) is 19.1. The molecule has 6 heteroatoms. The molecule has 1 aliphatic carbocycles. The van der Waals surface area contributed by atoms with Crippen molar-refractivity contribution in [1.82, 2.24) is 4.90 Å². The molecule has 0 radical (unpaired) electrons. The first-order valence-electron chi connectivity index (χ1n) is 10.7. The normalized spacial score (nSPS) is 27.9. The summed E-state index contributed by atoms with van der Waals surface area (Å²) in [5.74, 6) is -1.04. The Morgan fingerprint density at radius 3 is 2.73 bits per heavy atom. The molecule has 1 fully saturated rings. The van der Waals surface area contributed by atoms with Crippen LogP contribution in [-0.4, -0.2) is 40.6 Å². The third kappa shape index (κ3) is 2.98. The van der Waals surface area contributed by atoms with Crippen LogP contribution in [0.2, 0.25) is 0 Å². The van der Waals surface area contributed by atoms with Gasteiger partial charge in [-0.05, 0) is 47.7 Å². The molecule has 4 atom stereocenters. The number of nitrogens with two attached hydrogens (primary N) is 1. The fraction of sp³-hybridized carbons (Fsp3) is 0.417. The van der Waals surface area contributed by atoms with E-state index in [1.165, 1.54) is 0 Å². The van der Waals surface area contributed by atoms with Gasteiger partial charge in [0.25, 0.3) is 5.91 Å². The van der Waals surface area contributed by atoms with Crippen LogP contribution >= 0.6 is 0 Å². The average Bonchev–Trinajstić information content (AvgIpc) is 3.22. The van der Waals surface area contributed by atoms with E-state index < -0.39 is 17.9 Å². The Bertz CT molecular complexity index is 1000. The minimum absolute atomic E-state index is 0.118. The van der Waals surface area contributed by atoms with Gasteiger partial charge in [-0.3, -0.25) is 9.59 Å². The Morgan fingerprint density at radius 1 is 1.13 bits per heavy atom. The molecule has 1 amide bonds. The van der Waals surface area contributed by atoms with Crippen molar-refractivity contribution in [1.29, 1.82) is 0 Å². The summed E-state index contributed by atoms with van der Waals surface area (Å²) >= 11 is 0. The van der Waals surface area contributed by atoms with E-state index in [0.717, 1.165) is 49.0 Å². The summed E-state index contributed by atoms with van der Waals surface area (Å²) in [6.07, 6.45) is 4.47. The van der Waals surface area contributed by atoms with E-state index in [-0.39, 0.29) is 18.0 Å². The maximum absolute atomic E-state index is 13.7. The largest absolute Gasteiger partial charge is 0.493 e. The fourth-order valence-corrected chi connectivity index (χ4v) is 5.41. The zero-order chi connectivity index (χ0) is 20.8. The van der Waals surface area contributed by atoms with Gasteiger partial charge in [0.2, 0.25) is 0 Å². The monoisotopic (exact) mass is 406 g/mol. The molecule has 3 N–H and O–H groups in total. The highest BCUT2D eigenvalue weighted by molar-refractivity contribution is 6.00. The van der Waals surface area contributed by atoms with Crippen molar-refractivity contribution >= 4 is 11.9 Å². The number of fused-ring (bicyclic) bond motifs is 2. The van der Waals surface area contributed by atoms with Crippen LogP contribution in [0.4, 0.5) is 0 Å². The third-order valence-electron chi connectivity index (χ3n) is 6.84. The maximum atomic E-state index is 13.7. The zero-order valence-corrected chi connectivity index (χ0v) is 16.8. The van der Waals surface area contributed by atoms with E-state index in [2.05, 4.69) is 0 Å². The molecule has 6 nitrogen and oxygen atoms in total. The van der Waals surface area contributed by atoms with Gasteiger partial charge in [-0.2, -0.15) is 0 Å². The first-order valence-corrected chi connectivity index (χ1v) is 10.7. The minimum Gasteiger partial charge on any atom is -0.493 e. The lowest BCUT2D eigenvalue weighted by Gasteiger charge is -2.48. The molecule has 1 saturated carbocycles. The molecule has 5 rings (SSSR count). The predicted molar refractivity (Wildman–Crippen MR) is 112 cm³/mol. The van der Waals surface area contributed by atoms with Crippen molar-refractivity contribution in [2.75, 3.05) is 6.61 Å². The number of carboxylic acid groups (broad SMARTS) is 1. The predicted octanol–water partition coefficient (Wildman–Crippen LogP) is 3.26. The van der Waals surface area contributed by atoms with Gasteiger partial charge in [0.05, 0.1) is 12.6 Å². The van der Waals surface area contributed by atoms with Crippen LogP contribution in [-0.2, 0) is 11.2 Å². The quantitative estimate of drug-likeness (QED) is 0.816. The van der Waals surface area contributed by atoms with Gasteiger partial charge in [0, 0.05) is 24.1 Å². The highest BCUT2D eigenvalue weighted by atomic mass is 16.5. The van der Waals surface area contributed by atoms with Gasteiger partial charge < -0.3 is 20.5 Å². The molecule has 0 bridgehead atoms. The zero-order valence-electron chi connectivity index (χ0n) is 16.8. The standard InChI is InChI=1S/C24H26N2O4/c25-18-7-3-4-8-19(18)26-22(15-9-10-20-14(13-15)11-12-30-20)21(24(28)29)16-5-1-2-6-17(16)23(26)27/h1-2,5-6,9-10,13,18-19,21-22H,3-4,7-8,11-12,25H2,(H,28,29). The number of amides is 1. The second-order valence-corrected chi connectivity index (χ2v) is 8.54. The molecule has 0 spiro atoms. The topological polar surface area (TPSA) is 92.9 Å². The molecule has 0 aromatic heterocycles. The lowest BCUT2D eigenvalue weighted by atomic mass is 9.76. The Labute approximate surface area is 175 Å². The van der Waals surface area contributed by atoms with E-state index in [1.807, 2.05) is 18.2 Å². The Morgan fingerprint density at radius 2 is 1.93 bits per heavy atom. The van der Waals surface area contributed by atoms with E-state index in [4.69, 9.17) is 10.5 Å². The summed E-state index contributed by atoms with van der Waals surface area (Å²) in [6.45, 7) is 0.630. The molecule has 4 unspecified atom stereocenters. The minimum atomic E-state index is -0.925. The van der Waals surface area contributed by atoms with Gasteiger partial charge in [-0.15, -0.1) is 0 Å². The third-order valence-corrected chi connectivity index (χ3v) is 6.84. The van der Waals surface area contributed by atoms with Gasteiger partial charge in [-0.25, -0.2) is 0 Å². The van der Waals surface area contributed by atoms with Crippen molar-refractivity contribution in [2.24, 2.45) is 5.73 Å². The Kier molecular flexibility index (Phi) is 4.74. The van der Waals surface area contributed by atoms with Crippen molar-refractivity contribution in [2.45, 2.75) is 56.1 Å². The molecule has 2 heterocycles. The average molecular weight is 406 g/mol. The maximum Gasteiger partial charge on any atom is 0.313 e. The van der Waals surface area contributed by atoms with E-state index in [1.54, 1.807) is 29.2 Å². The second kappa shape index (κ2) is 7.43. The highest BCUT2D eigenvalue weighted by Crippen LogP contribution is 2.46. The Balaban J connectivity index is 1.69. The van der Waals surface area contributed by atoms with Gasteiger partial charge in [0.15, 0.2) is 0 Å². The molecule has 2 aromatic rings. The van der Waals surface area contributed by atoms with Crippen molar-refractivity contribution < 1.29 is 19.4 Å². The summed E-state index contributed by atoms with van der Waals surface area (Å²) in [4.78, 5) is 28.1. The van der Waals surface area contributed by atoms with Gasteiger partial charge >= 0.3 is 5.97 Å². The number of aliphatic carboxylic acids is 1. The summed E-state index contributed by atoms with van der Waals surface area (Å²) < 4.78 is 5.64. The van der Waals surface area contributed by atoms with Crippen LogP contribution in [0, 0.1) is 0 Å². The van der Waals surface area contributed by atoms with E-state index in [9.17, 15) is 14.7 Å². The summed E-state index contributed by atoms with van der Waals surface area (Å²) in [5.41, 5.74) is 9.44. The number of hydrogen-bond acceptors (Lipinski definition) is 4. The summed E-state index contributed by atoms with van der Waals surface area (Å²) in [7, 11) is 0. The number of rotatable bonds is 3. The van der Waals surface area contributed by atoms with Gasteiger partial charge in [0.1, 0.15) is 11.7 Å². The van der Waals surface area contributed by atoms with Crippen LogP contribution < -0.4 is 10.5 Å². The van der Waals surface area contributed by atoms with Crippen LogP contribution in [0.1, 0.15) is 64.7 Å². The smallest absolute Gasteiger partial charge is 0.313 e. The van der Waals surface area contributed by atoms with Crippen molar-refractivity contribution in [3.05, 3.63) is 64.7 Å². The molecule has 30 heavy (non-hydrogen) atoms. The lowest BCUT2D eigenvalue weighted by Crippen LogP contribution is -2.56. The van der Waals surface area contributed by atoms with Crippen molar-refractivity contribution in [3.63, 3.8) is 0 Å². The number of benzene rings is 2. The number of carboxylic acids is 1. The number of carbonyl (C=O) groups excluding carboxylic acids is 1. The van der Waals surface area contributed by atoms with Crippen LogP contribution in [0.5, 0.6) is 5.75 Å². The van der Waals surface area contributed by atoms with Gasteiger partial charge in [-0.1, -0.05) is 37.1 Å². The SMILES string of the molecule is NC1CCCCC1N1C(=O)c2ccccc2C(C(=O)O)C1c1ccc2c(c1)CCO2. The van der Waals surface area contributed by atoms with E-state index >= 15 is 0 Å². The fourth-order valence-electron chi connectivity index (χ4n) is 5.41. The number of hydrogen-bond donors (Lipinski definition) is 2. The number of nitrogens with zero attached hydrogens (tertiary/aromatic N) is 1. The summed E-state index contributed by atoms with van der Waals surface area (Å²) in [5, 5.41) is 10.3. The molecule has 3 aliphatic rings. The number of ether oxygens (including phenoxy) is 1. The Hall–Kier alpha value is -2.86. The molecule has 2 aromatic carbocycles. The molecule has 0 saturated heterocycles. The summed E-state index contributed by atoms with van der Waals surface area (Å²) in [6, 6.07) is 12.0. The van der Waals surface area contributed by atoms with Crippen LogP contribution in [0.15, 0.2) is 42.5 Å². The second-order valence-electron chi connectivity index (χ2n) is 8.54. The van der Waals surface area contributed by atoms with Crippen LogP contribution in [0.3, 0.4) is 0 Å². The van der Waals surface area contributed by atoms with Crippen molar-refractivity contribution in [3.8, 4) is 5.75 Å². The molecular formula is C24H26N2O4. The highest BCUT2D eigenvalue weighted by Gasteiger charge is 2.48. The van der Waals surface area contributed by atoms with Crippen LogP contribution in [0.25, 0.3) is 0 Å². The molecule has 156 valence electrons.